The highest BCUT2D eigenvalue weighted by Gasteiger charge is 2.16. The summed E-state index contributed by atoms with van der Waals surface area (Å²) in [7, 11) is 0. The molecule has 0 saturated heterocycles. The van der Waals surface area contributed by atoms with Gasteiger partial charge in [-0.25, -0.2) is 0 Å². The summed E-state index contributed by atoms with van der Waals surface area (Å²) >= 11 is 0. The Balaban J connectivity index is 1.89. The van der Waals surface area contributed by atoms with E-state index < -0.39 is 0 Å². The van der Waals surface area contributed by atoms with Crippen molar-refractivity contribution in [1.82, 2.24) is 0 Å². The van der Waals surface area contributed by atoms with E-state index in [1.807, 2.05) is 0 Å². The lowest BCUT2D eigenvalue weighted by atomic mass is 9.85. The molecule has 0 spiro atoms. The standard InChI is InChI=1S/C30H32/c1-4-6-7-11-21-16-24-18-23(20(3)10-5-2)19-28-26-15-9-13-22-12-8-14-25(29(22)26)27(17-21)30(24)28/h8-9,12-20H,4-7,10-11H2,1-3H3. The van der Waals surface area contributed by atoms with Gasteiger partial charge in [-0.05, 0) is 79.4 Å². The topological polar surface area (TPSA) is 0 Å². The van der Waals surface area contributed by atoms with Gasteiger partial charge in [0, 0.05) is 0 Å². The zero-order valence-electron chi connectivity index (χ0n) is 18.6. The van der Waals surface area contributed by atoms with Gasteiger partial charge in [-0.1, -0.05) is 101 Å². The van der Waals surface area contributed by atoms with Gasteiger partial charge in [-0.15, -0.1) is 0 Å². The first-order valence-corrected chi connectivity index (χ1v) is 11.8. The molecule has 0 amide bonds. The maximum absolute atomic E-state index is 2.49. The molecule has 0 radical (unpaired) electrons. The quantitative estimate of drug-likeness (QED) is 0.147. The number of hydrogen-bond acceptors (Lipinski definition) is 0. The van der Waals surface area contributed by atoms with Crippen LogP contribution in [0.4, 0.5) is 0 Å². The average molecular weight is 393 g/mol. The molecule has 1 unspecified atom stereocenters. The molecule has 0 saturated carbocycles. The zero-order chi connectivity index (χ0) is 20.7. The van der Waals surface area contributed by atoms with Gasteiger partial charge >= 0.3 is 0 Å². The molecule has 0 N–H and O–H groups in total. The fourth-order valence-corrected chi connectivity index (χ4v) is 5.42. The van der Waals surface area contributed by atoms with Crippen molar-refractivity contribution in [3.63, 3.8) is 0 Å². The molecule has 5 rings (SSSR count). The van der Waals surface area contributed by atoms with Crippen LogP contribution < -0.4 is 0 Å². The molecule has 1 atom stereocenters. The van der Waals surface area contributed by atoms with Crippen LogP contribution in [0.3, 0.4) is 0 Å². The van der Waals surface area contributed by atoms with E-state index in [1.54, 1.807) is 0 Å². The van der Waals surface area contributed by atoms with Crippen LogP contribution in [0.25, 0.3) is 43.1 Å². The molecule has 0 aliphatic heterocycles. The van der Waals surface area contributed by atoms with Crippen LogP contribution in [0.15, 0.2) is 60.7 Å². The average Bonchev–Trinajstić information content (AvgIpc) is 2.77. The number of rotatable bonds is 7. The molecule has 0 heteroatoms. The summed E-state index contributed by atoms with van der Waals surface area (Å²) in [6, 6.07) is 23.6. The predicted molar refractivity (Wildman–Crippen MR) is 134 cm³/mol. The molecule has 5 aromatic rings. The maximum Gasteiger partial charge on any atom is -0.00260 e. The van der Waals surface area contributed by atoms with Gasteiger partial charge in [0.1, 0.15) is 0 Å². The largest absolute Gasteiger partial charge is 0.0654 e. The normalized spacial score (nSPS) is 13.2. The van der Waals surface area contributed by atoms with Crippen LogP contribution in [0, 0.1) is 0 Å². The van der Waals surface area contributed by atoms with Gasteiger partial charge in [-0.3, -0.25) is 0 Å². The first-order chi connectivity index (χ1) is 14.7. The van der Waals surface area contributed by atoms with Gasteiger partial charge in [-0.2, -0.15) is 0 Å². The van der Waals surface area contributed by atoms with Crippen LogP contribution >= 0.6 is 0 Å². The van der Waals surface area contributed by atoms with Gasteiger partial charge in [0.25, 0.3) is 0 Å². The summed E-state index contributed by atoms with van der Waals surface area (Å²) < 4.78 is 0. The fourth-order valence-electron chi connectivity index (χ4n) is 5.42. The third-order valence-corrected chi connectivity index (χ3v) is 6.98. The van der Waals surface area contributed by atoms with Crippen LogP contribution in [-0.4, -0.2) is 0 Å². The van der Waals surface area contributed by atoms with E-state index in [9.17, 15) is 0 Å². The fraction of sp³-hybridized carbons (Fsp3) is 0.333. The van der Waals surface area contributed by atoms with Crippen molar-refractivity contribution < 1.29 is 0 Å². The number of aryl methyl sites for hydroxylation is 1. The van der Waals surface area contributed by atoms with Crippen molar-refractivity contribution in [2.24, 2.45) is 0 Å². The molecule has 5 aromatic carbocycles. The first kappa shape index (κ1) is 19.4. The van der Waals surface area contributed by atoms with Crippen molar-refractivity contribution in [3.05, 3.63) is 71.8 Å². The van der Waals surface area contributed by atoms with Crippen LogP contribution in [-0.2, 0) is 6.42 Å². The van der Waals surface area contributed by atoms with Crippen LogP contribution in [0.1, 0.15) is 69.9 Å². The molecule has 30 heavy (non-hydrogen) atoms. The van der Waals surface area contributed by atoms with E-state index in [-0.39, 0.29) is 0 Å². The minimum absolute atomic E-state index is 0.597. The van der Waals surface area contributed by atoms with E-state index in [1.165, 1.54) is 92.7 Å². The van der Waals surface area contributed by atoms with Crippen molar-refractivity contribution in [3.8, 4) is 0 Å². The highest BCUT2D eigenvalue weighted by Crippen LogP contribution is 2.42. The molecular formula is C30H32. The molecule has 0 heterocycles. The lowest BCUT2D eigenvalue weighted by molar-refractivity contribution is 0.666. The Morgan fingerprint density at radius 3 is 2.07 bits per heavy atom. The third kappa shape index (κ3) is 3.14. The summed E-state index contributed by atoms with van der Waals surface area (Å²) in [6.45, 7) is 6.97. The molecule has 0 aliphatic rings. The smallest absolute Gasteiger partial charge is 0.00260 e. The molecule has 0 aliphatic carbocycles. The molecule has 0 nitrogen and oxygen atoms in total. The third-order valence-electron chi connectivity index (χ3n) is 6.98. The van der Waals surface area contributed by atoms with E-state index >= 15 is 0 Å². The summed E-state index contributed by atoms with van der Waals surface area (Å²) in [4.78, 5) is 0. The Morgan fingerprint density at radius 1 is 0.667 bits per heavy atom. The Hall–Kier alpha value is -2.60. The minimum Gasteiger partial charge on any atom is -0.0654 e. The summed E-state index contributed by atoms with van der Waals surface area (Å²) in [5, 5.41) is 11.4. The van der Waals surface area contributed by atoms with Gasteiger partial charge in [0.05, 0.1) is 0 Å². The molecular weight excluding hydrogens is 360 g/mol. The van der Waals surface area contributed by atoms with E-state index in [0.717, 1.165) is 0 Å². The second-order valence-electron chi connectivity index (χ2n) is 9.17. The first-order valence-electron chi connectivity index (χ1n) is 11.8. The summed E-state index contributed by atoms with van der Waals surface area (Å²) in [5.41, 5.74) is 2.99. The van der Waals surface area contributed by atoms with E-state index in [2.05, 4.69) is 81.4 Å². The summed E-state index contributed by atoms with van der Waals surface area (Å²) in [5.74, 6) is 0.597. The maximum atomic E-state index is 2.49. The summed E-state index contributed by atoms with van der Waals surface area (Å²) in [6.07, 6.45) is 7.52. The van der Waals surface area contributed by atoms with Gasteiger partial charge in [0.2, 0.25) is 0 Å². The Bertz CT molecular complexity index is 1320. The number of hydrogen-bond donors (Lipinski definition) is 0. The van der Waals surface area contributed by atoms with Crippen molar-refractivity contribution in [2.75, 3.05) is 0 Å². The Kier molecular flexibility index (Phi) is 5.11. The van der Waals surface area contributed by atoms with E-state index in [4.69, 9.17) is 0 Å². The van der Waals surface area contributed by atoms with Crippen molar-refractivity contribution in [2.45, 2.75) is 65.2 Å². The van der Waals surface area contributed by atoms with Crippen molar-refractivity contribution in [1.29, 1.82) is 0 Å². The monoisotopic (exact) mass is 392 g/mol. The van der Waals surface area contributed by atoms with Crippen LogP contribution in [0.2, 0.25) is 0 Å². The Labute approximate surface area is 180 Å². The van der Waals surface area contributed by atoms with Gasteiger partial charge in [0.15, 0.2) is 0 Å². The molecule has 0 aromatic heterocycles. The molecule has 0 fully saturated rings. The predicted octanol–water partition coefficient (Wildman–Crippen LogP) is 9.37. The van der Waals surface area contributed by atoms with Crippen LogP contribution in [0.5, 0.6) is 0 Å². The van der Waals surface area contributed by atoms with Crippen molar-refractivity contribution >= 4 is 43.1 Å². The second kappa shape index (κ2) is 7.91. The molecule has 0 bridgehead atoms. The SMILES string of the molecule is CCCCCc1cc2cc(C(C)CCC)cc3c4cccc5cccc(c(c1)c23)c54. The highest BCUT2D eigenvalue weighted by molar-refractivity contribution is 6.33. The van der Waals surface area contributed by atoms with E-state index in [0.29, 0.717) is 5.92 Å². The number of benzene rings is 5. The number of fused-ring (bicyclic) bond motifs is 2. The molecule has 152 valence electrons. The zero-order valence-corrected chi connectivity index (χ0v) is 18.6. The lowest BCUT2D eigenvalue weighted by Crippen LogP contribution is -1.96. The Morgan fingerprint density at radius 2 is 1.37 bits per heavy atom. The van der Waals surface area contributed by atoms with Gasteiger partial charge < -0.3 is 0 Å². The highest BCUT2D eigenvalue weighted by atomic mass is 14.2. The second-order valence-corrected chi connectivity index (χ2v) is 9.17. The number of unbranched alkanes of at least 4 members (excludes halogenated alkanes) is 2. The minimum atomic E-state index is 0.597. The lowest BCUT2D eigenvalue weighted by Gasteiger charge is -2.19.